The maximum absolute atomic E-state index is 12.9. The Bertz CT molecular complexity index is 1070. The first-order valence-corrected chi connectivity index (χ1v) is 11.7. The van der Waals surface area contributed by atoms with Crippen molar-refractivity contribution >= 4 is 17.3 Å². The topological polar surface area (TPSA) is 45.7 Å². The van der Waals surface area contributed by atoms with Gasteiger partial charge in [0.15, 0.2) is 0 Å². The van der Waals surface area contributed by atoms with Gasteiger partial charge in [-0.25, -0.2) is 4.79 Å². The highest BCUT2D eigenvalue weighted by Gasteiger charge is 2.50. The molecule has 0 saturated carbocycles. The summed E-state index contributed by atoms with van der Waals surface area (Å²) in [6.07, 6.45) is 6.70. The van der Waals surface area contributed by atoms with Gasteiger partial charge in [0.1, 0.15) is 5.69 Å². The summed E-state index contributed by atoms with van der Waals surface area (Å²) in [6, 6.07) is 20.6. The predicted molar refractivity (Wildman–Crippen MR) is 125 cm³/mol. The summed E-state index contributed by atoms with van der Waals surface area (Å²) in [5.41, 5.74) is 4.49. The normalized spacial score (nSPS) is 19.3. The quantitative estimate of drug-likeness (QED) is 0.565. The SMILES string of the molecule is O=C1OC(c2ccc(N3CCCC3)cc2)(c2ccc(N3CCCC3)cc2)c2ncccc21. The van der Waals surface area contributed by atoms with Crippen LogP contribution in [0.3, 0.4) is 0 Å². The molecule has 6 rings (SSSR count). The van der Waals surface area contributed by atoms with Crippen LogP contribution < -0.4 is 9.80 Å². The van der Waals surface area contributed by atoms with Gasteiger partial charge < -0.3 is 14.5 Å². The molecule has 32 heavy (non-hydrogen) atoms. The zero-order chi connectivity index (χ0) is 21.5. The van der Waals surface area contributed by atoms with E-state index in [0.717, 1.165) is 37.3 Å². The molecule has 5 nitrogen and oxygen atoms in total. The van der Waals surface area contributed by atoms with Crippen molar-refractivity contribution in [3.05, 3.63) is 89.2 Å². The van der Waals surface area contributed by atoms with E-state index < -0.39 is 5.60 Å². The highest BCUT2D eigenvalue weighted by Crippen LogP contribution is 2.46. The highest BCUT2D eigenvalue weighted by atomic mass is 16.6. The van der Waals surface area contributed by atoms with Gasteiger partial charge in [0.2, 0.25) is 5.60 Å². The third kappa shape index (κ3) is 2.99. The molecule has 162 valence electrons. The first-order chi connectivity index (χ1) is 15.8. The Kier molecular flexibility index (Phi) is 4.63. The number of cyclic esters (lactones) is 1. The molecular weight excluding hydrogens is 398 g/mol. The van der Waals surface area contributed by atoms with E-state index in [2.05, 4.69) is 63.3 Å². The van der Waals surface area contributed by atoms with Gasteiger partial charge >= 0.3 is 5.97 Å². The molecule has 0 aliphatic carbocycles. The molecule has 0 bridgehead atoms. The van der Waals surface area contributed by atoms with E-state index in [1.165, 1.54) is 37.1 Å². The molecule has 3 aromatic rings. The Hall–Kier alpha value is -3.34. The molecule has 1 aromatic heterocycles. The Morgan fingerprint density at radius 2 is 1.22 bits per heavy atom. The fraction of sp³-hybridized carbons (Fsp3) is 0.333. The summed E-state index contributed by atoms with van der Waals surface area (Å²) in [5.74, 6) is -0.319. The van der Waals surface area contributed by atoms with Gasteiger partial charge in [0, 0.05) is 54.9 Å². The van der Waals surface area contributed by atoms with Gasteiger partial charge in [-0.3, -0.25) is 4.98 Å². The second-order valence-electron chi connectivity index (χ2n) is 8.95. The number of aromatic nitrogens is 1. The van der Waals surface area contributed by atoms with Crippen LogP contribution in [0.25, 0.3) is 0 Å². The molecule has 0 spiro atoms. The van der Waals surface area contributed by atoms with E-state index in [1.54, 1.807) is 12.3 Å². The number of benzene rings is 2. The number of ether oxygens (including phenoxy) is 1. The smallest absolute Gasteiger partial charge is 0.341 e. The molecule has 0 N–H and O–H groups in total. The minimum atomic E-state index is -1.03. The molecule has 2 aromatic carbocycles. The first kappa shape index (κ1) is 19.4. The fourth-order valence-corrected chi connectivity index (χ4v) is 5.42. The average Bonchev–Trinajstić information content (AvgIpc) is 3.61. The molecule has 4 heterocycles. The summed E-state index contributed by atoms with van der Waals surface area (Å²) in [7, 11) is 0. The van der Waals surface area contributed by atoms with Crippen molar-refractivity contribution in [3.8, 4) is 0 Å². The third-order valence-electron chi connectivity index (χ3n) is 7.10. The number of carbonyl (C=O) groups is 1. The van der Waals surface area contributed by atoms with Crippen molar-refractivity contribution < 1.29 is 9.53 Å². The number of hydrogen-bond acceptors (Lipinski definition) is 5. The second-order valence-corrected chi connectivity index (χ2v) is 8.95. The van der Waals surface area contributed by atoms with Crippen LogP contribution in [0, 0.1) is 0 Å². The van der Waals surface area contributed by atoms with E-state index in [-0.39, 0.29) is 5.97 Å². The van der Waals surface area contributed by atoms with Crippen LogP contribution in [-0.4, -0.2) is 37.1 Å². The van der Waals surface area contributed by atoms with Crippen LogP contribution in [0.1, 0.15) is 52.9 Å². The standard InChI is InChI=1S/C27H27N3O2/c31-26-24-6-5-15-28-25(24)27(32-26,20-7-11-22(12-8-20)29-16-1-2-17-29)21-9-13-23(14-10-21)30-18-3-4-19-30/h5-15H,1-4,16-19H2. The second kappa shape index (κ2) is 7.66. The van der Waals surface area contributed by atoms with Crippen molar-refractivity contribution in [1.82, 2.24) is 4.98 Å². The molecule has 0 radical (unpaired) electrons. The van der Waals surface area contributed by atoms with Crippen molar-refractivity contribution in [2.45, 2.75) is 31.3 Å². The van der Waals surface area contributed by atoms with E-state index in [9.17, 15) is 4.79 Å². The van der Waals surface area contributed by atoms with Gasteiger partial charge in [-0.1, -0.05) is 24.3 Å². The number of rotatable bonds is 4. The molecule has 0 unspecified atom stereocenters. The lowest BCUT2D eigenvalue weighted by atomic mass is 9.82. The fourth-order valence-electron chi connectivity index (χ4n) is 5.42. The van der Waals surface area contributed by atoms with Crippen LogP contribution in [0.4, 0.5) is 11.4 Å². The summed E-state index contributed by atoms with van der Waals surface area (Å²) < 4.78 is 6.19. The van der Waals surface area contributed by atoms with Gasteiger partial charge in [-0.05, 0) is 62.1 Å². The highest BCUT2D eigenvalue weighted by molar-refractivity contribution is 5.95. The van der Waals surface area contributed by atoms with Crippen LogP contribution >= 0.6 is 0 Å². The molecular formula is C27H27N3O2. The summed E-state index contributed by atoms with van der Waals surface area (Å²) in [4.78, 5) is 22.4. The Morgan fingerprint density at radius 1 is 0.719 bits per heavy atom. The van der Waals surface area contributed by atoms with E-state index in [4.69, 9.17) is 4.74 Å². The van der Waals surface area contributed by atoms with E-state index in [1.807, 2.05) is 6.07 Å². The Balaban J connectivity index is 1.45. The van der Waals surface area contributed by atoms with E-state index >= 15 is 0 Å². The maximum Gasteiger partial charge on any atom is 0.341 e. The number of pyridine rings is 1. The number of anilines is 2. The van der Waals surface area contributed by atoms with Gasteiger partial charge in [-0.15, -0.1) is 0 Å². The number of hydrogen-bond donors (Lipinski definition) is 0. The van der Waals surface area contributed by atoms with E-state index in [0.29, 0.717) is 11.3 Å². The first-order valence-electron chi connectivity index (χ1n) is 11.7. The lowest BCUT2D eigenvalue weighted by molar-refractivity contribution is 0.0243. The molecule has 2 fully saturated rings. The van der Waals surface area contributed by atoms with Gasteiger partial charge in [0.25, 0.3) is 0 Å². The molecule has 3 aliphatic heterocycles. The minimum absolute atomic E-state index is 0.319. The van der Waals surface area contributed by atoms with Crippen molar-refractivity contribution in [2.75, 3.05) is 36.0 Å². The molecule has 0 atom stereocenters. The Morgan fingerprint density at radius 3 is 1.72 bits per heavy atom. The average molecular weight is 426 g/mol. The largest absolute Gasteiger partial charge is 0.439 e. The van der Waals surface area contributed by atoms with Gasteiger partial charge in [-0.2, -0.15) is 0 Å². The molecule has 0 amide bonds. The number of esters is 1. The molecule has 5 heteroatoms. The Labute approximate surface area is 188 Å². The lowest BCUT2D eigenvalue weighted by Crippen LogP contribution is -2.30. The number of nitrogens with zero attached hydrogens (tertiary/aromatic N) is 3. The molecule has 2 saturated heterocycles. The van der Waals surface area contributed by atoms with Crippen molar-refractivity contribution in [3.63, 3.8) is 0 Å². The van der Waals surface area contributed by atoms with Crippen molar-refractivity contribution in [1.29, 1.82) is 0 Å². The monoisotopic (exact) mass is 425 g/mol. The van der Waals surface area contributed by atoms with Crippen LogP contribution in [-0.2, 0) is 10.3 Å². The third-order valence-corrected chi connectivity index (χ3v) is 7.10. The van der Waals surface area contributed by atoms with Crippen molar-refractivity contribution in [2.24, 2.45) is 0 Å². The predicted octanol–water partition coefficient (Wildman–Crippen LogP) is 4.74. The number of carbonyl (C=O) groups excluding carboxylic acids is 1. The number of fused-ring (bicyclic) bond motifs is 1. The summed E-state index contributed by atoms with van der Waals surface area (Å²) in [5, 5.41) is 0. The summed E-state index contributed by atoms with van der Waals surface area (Å²) in [6.45, 7) is 4.40. The maximum atomic E-state index is 12.9. The zero-order valence-corrected chi connectivity index (χ0v) is 18.2. The lowest BCUT2D eigenvalue weighted by Gasteiger charge is -2.30. The minimum Gasteiger partial charge on any atom is -0.439 e. The van der Waals surface area contributed by atoms with Crippen LogP contribution in [0.15, 0.2) is 66.9 Å². The zero-order valence-electron chi connectivity index (χ0n) is 18.2. The molecule has 3 aliphatic rings. The summed E-state index contributed by atoms with van der Waals surface area (Å²) >= 11 is 0. The van der Waals surface area contributed by atoms with Gasteiger partial charge in [0.05, 0.1) is 5.56 Å². The van der Waals surface area contributed by atoms with Crippen LogP contribution in [0.2, 0.25) is 0 Å². The van der Waals surface area contributed by atoms with Crippen LogP contribution in [0.5, 0.6) is 0 Å².